The Kier molecular flexibility index (Phi) is 12.2. The van der Waals surface area contributed by atoms with Gasteiger partial charge in [0, 0.05) is 48.5 Å². The molecule has 57 heavy (non-hydrogen) atoms. The van der Waals surface area contributed by atoms with E-state index in [9.17, 15) is 24.6 Å². The maximum atomic E-state index is 14.3. The Morgan fingerprint density at radius 2 is 1.58 bits per heavy atom. The van der Waals surface area contributed by atoms with Gasteiger partial charge in [-0.3, -0.25) is 19.3 Å². The fourth-order valence-corrected chi connectivity index (χ4v) is 13.9. The van der Waals surface area contributed by atoms with Crippen molar-refractivity contribution in [2.75, 3.05) is 33.7 Å². The van der Waals surface area contributed by atoms with E-state index in [2.05, 4.69) is 84.5 Å². The summed E-state index contributed by atoms with van der Waals surface area (Å²) in [7, 11) is 4.17. The number of carbonyl (C=O) groups excluding carboxylic acids is 2. The first-order chi connectivity index (χ1) is 26.4. The van der Waals surface area contributed by atoms with Crippen LogP contribution in [0.1, 0.15) is 132 Å². The van der Waals surface area contributed by atoms with Gasteiger partial charge in [-0.2, -0.15) is 0 Å². The number of aliphatic hydroxyl groups excluding tert-OH is 1. The Morgan fingerprint density at radius 3 is 2.19 bits per heavy atom. The van der Waals surface area contributed by atoms with Gasteiger partial charge in [0.05, 0.1) is 17.9 Å². The summed E-state index contributed by atoms with van der Waals surface area (Å²) in [6.45, 7) is 22.6. The molecule has 4 saturated carbocycles. The number of allylic oxidation sites excluding steroid dienone is 1. The number of hydrogen-bond acceptors (Lipinski definition) is 7. The van der Waals surface area contributed by atoms with Crippen molar-refractivity contribution in [3.63, 3.8) is 0 Å². The molecule has 0 spiro atoms. The average Bonchev–Trinajstić information content (AvgIpc) is 3.42. The van der Waals surface area contributed by atoms with Crippen LogP contribution in [0.15, 0.2) is 35.4 Å². The molecule has 6 rings (SSSR count). The number of likely N-dealkylation sites (N-methyl/N-ethyl adjacent to an activating group) is 1. The zero-order chi connectivity index (χ0) is 42.1. The number of carboxylic acids is 1. The first kappa shape index (κ1) is 44.3. The monoisotopic (exact) mass is 809 g/mol. The molecule has 8 nitrogen and oxygen atoms in total. The van der Waals surface area contributed by atoms with E-state index >= 15 is 0 Å². The number of halogens is 1. The number of esters is 1. The van der Waals surface area contributed by atoms with Crippen molar-refractivity contribution in [3.05, 3.63) is 46.0 Å². The summed E-state index contributed by atoms with van der Waals surface area (Å²) >= 11 is 6.24. The summed E-state index contributed by atoms with van der Waals surface area (Å²) in [5.74, 6) is 0.00261. The van der Waals surface area contributed by atoms with Crippen molar-refractivity contribution in [1.82, 2.24) is 9.80 Å². The number of Topliss-reactive ketones (excluding diaryl/α,β-unsaturated/α-hetero) is 1. The molecule has 0 aromatic heterocycles. The number of fused-ring (bicyclic) bond motifs is 7. The highest BCUT2D eigenvalue weighted by Crippen LogP contribution is 2.77. The Morgan fingerprint density at radius 1 is 0.912 bits per heavy atom. The second-order valence-electron chi connectivity index (χ2n) is 21.7. The molecular formula is C48H73ClN2O6. The predicted octanol–water partition coefficient (Wildman–Crippen LogP) is 9.46. The van der Waals surface area contributed by atoms with E-state index in [-0.39, 0.29) is 51.8 Å². The molecule has 0 heterocycles. The normalized spacial score (nSPS) is 35.5. The Hall–Kier alpha value is -2.26. The summed E-state index contributed by atoms with van der Waals surface area (Å²) in [5, 5.41) is 23.0. The van der Waals surface area contributed by atoms with Crippen LogP contribution in [0.3, 0.4) is 0 Å². The van der Waals surface area contributed by atoms with Crippen LogP contribution >= 0.6 is 11.6 Å². The molecule has 5 aliphatic rings. The first-order valence-corrected chi connectivity index (χ1v) is 22.3. The quantitative estimate of drug-likeness (QED) is 0.190. The number of aliphatic hydroxyl groups is 1. The van der Waals surface area contributed by atoms with Crippen LogP contribution in [-0.4, -0.2) is 83.7 Å². The molecule has 9 heteroatoms. The van der Waals surface area contributed by atoms with Crippen LogP contribution in [0.5, 0.6) is 0 Å². The topological polar surface area (TPSA) is 107 Å². The van der Waals surface area contributed by atoms with Gasteiger partial charge in [-0.15, -0.1) is 0 Å². The number of ketones is 1. The minimum atomic E-state index is -1.17. The van der Waals surface area contributed by atoms with Crippen molar-refractivity contribution in [3.8, 4) is 0 Å². The molecule has 1 aromatic carbocycles. The third kappa shape index (κ3) is 7.58. The molecule has 4 fully saturated rings. The lowest BCUT2D eigenvalue weighted by molar-refractivity contribution is -0.235. The summed E-state index contributed by atoms with van der Waals surface area (Å²) in [6.07, 6.45) is 7.13. The number of nitrogens with zero attached hydrogens (tertiary/aromatic N) is 2. The lowest BCUT2D eigenvalue weighted by atomic mass is 9.33. The molecule has 318 valence electrons. The molecule has 9 atom stereocenters. The van der Waals surface area contributed by atoms with E-state index in [1.54, 1.807) is 13.8 Å². The van der Waals surface area contributed by atoms with E-state index in [0.29, 0.717) is 36.4 Å². The van der Waals surface area contributed by atoms with Gasteiger partial charge in [0.2, 0.25) is 0 Å². The number of aliphatic carboxylic acids is 1. The maximum absolute atomic E-state index is 14.3. The number of rotatable bonds is 13. The van der Waals surface area contributed by atoms with Gasteiger partial charge in [0.1, 0.15) is 6.10 Å². The molecule has 0 aliphatic heterocycles. The van der Waals surface area contributed by atoms with Crippen molar-refractivity contribution < 1.29 is 29.3 Å². The Balaban J connectivity index is 1.29. The molecule has 0 amide bonds. The highest BCUT2D eigenvalue weighted by Gasteiger charge is 2.71. The van der Waals surface area contributed by atoms with E-state index in [1.807, 2.05) is 12.1 Å². The number of ether oxygens (including phenoxy) is 1. The van der Waals surface area contributed by atoms with Gasteiger partial charge in [-0.1, -0.05) is 77.8 Å². The maximum Gasteiger partial charge on any atom is 0.309 e. The van der Waals surface area contributed by atoms with Crippen molar-refractivity contribution in [2.24, 2.45) is 56.2 Å². The highest BCUT2D eigenvalue weighted by atomic mass is 35.5. The van der Waals surface area contributed by atoms with E-state index in [0.717, 1.165) is 75.6 Å². The summed E-state index contributed by atoms with van der Waals surface area (Å²) < 4.78 is 6.20. The van der Waals surface area contributed by atoms with Crippen LogP contribution in [0, 0.1) is 56.2 Å². The average molecular weight is 810 g/mol. The van der Waals surface area contributed by atoms with Gasteiger partial charge < -0.3 is 19.8 Å². The first-order valence-electron chi connectivity index (χ1n) is 21.9. The number of benzene rings is 1. The van der Waals surface area contributed by atoms with Crippen molar-refractivity contribution >= 4 is 29.3 Å². The fraction of sp³-hybridized carbons (Fsp3) is 0.771. The van der Waals surface area contributed by atoms with E-state index < -0.39 is 28.9 Å². The molecular weight excluding hydrogens is 736 g/mol. The van der Waals surface area contributed by atoms with Gasteiger partial charge in [0.15, 0.2) is 5.78 Å². The second kappa shape index (κ2) is 15.6. The summed E-state index contributed by atoms with van der Waals surface area (Å²) in [5.41, 5.74) is 1.54. The summed E-state index contributed by atoms with van der Waals surface area (Å²) in [6, 6.07) is 8.00. The highest BCUT2D eigenvalue weighted by molar-refractivity contribution is 6.30. The molecule has 0 radical (unpaired) electrons. The van der Waals surface area contributed by atoms with Gasteiger partial charge in [-0.25, -0.2) is 0 Å². The van der Waals surface area contributed by atoms with Crippen LogP contribution < -0.4 is 0 Å². The van der Waals surface area contributed by atoms with Crippen LogP contribution in [0.25, 0.3) is 0 Å². The SMILES string of the molecule is CC(C)C1=C2[C@@H]3CC[C@H]4[C@]5(C)CC[C@@H](OC(=O)CC(C)(C)C(=O)O)C(C)(C)[C@H]5CC[C@]4(C)[C@@]3(C)CC[C@]2([C@H](O)CN(CCN(C)C)Cc2ccc(Cl)cc2)CC1=O. The van der Waals surface area contributed by atoms with Crippen LogP contribution in [-0.2, 0) is 25.7 Å². The smallest absolute Gasteiger partial charge is 0.309 e. The van der Waals surface area contributed by atoms with Crippen molar-refractivity contribution in [1.29, 1.82) is 0 Å². The van der Waals surface area contributed by atoms with Gasteiger partial charge in [0.25, 0.3) is 0 Å². The minimum absolute atomic E-state index is 0.0308. The number of carboxylic acid groups (broad SMARTS) is 1. The molecule has 0 saturated heterocycles. The molecule has 0 bridgehead atoms. The lowest BCUT2D eigenvalue weighted by Crippen LogP contribution is -2.66. The Labute approximate surface area is 348 Å². The van der Waals surface area contributed by atoms with Crippen LogP contribution in [0.4, 0.5) is 0 Å². The third-order valence-corrected chi connectivity index (χ3v) is 17.4. The van der Waals surface area contributed by atoms with Gasteiger partial charge in [-0.05, 0) is 142 Å². The molecule has 5 aliphatic carbocycles. The largest absolute Gasteiger partial charge is 0.481 e. The predicted molar refractivity (Wildman–Crippen MR) is 227 cm³/mol. The molecule has 0 unspecified atom stereocenters. The van der Waals surface area contributed by atoms with E-state index in [1.165, 1.54) is 5.57 Å². The van der Waals surface area contributed by atoms with Gasteiger partial charge >= 0.3 is 11.9 Å². The number of hydrogen-bond donors (Lipinski definition) is 2. The lowest BCUT2D eigenvalue weighted by Gasteiger charge is -2.72. The second-order valence-corrected chi connectivity index (χ2v) is 22.2. The zero-order valence-electron chi connectivity index (χ0n) is 37.0. The standard InChI is InChI=1S/C48H73ClN2O6/c1-30(2)40-34(52)26-48(37(53)29-51(25-24-50(10)11)28-31-12-14-32(49)15-13-31)23-22-46(8)33(41(40)48)16-17-36-45(7)20-19-38(57-39(54)27-43(3,4)42(55)56)44(5,6)35(45)18-21-47(36,46)9/h12-15,30,33,35-38,53H,16-29H2,1-11H3,(H,55,56)/t33-,35+,36-,37+,38+,45+,46-,47-,48+/m0/s1. The van der Waals surface area contributed by atoms with Crippen LogP contribution in [0.2, 0.25) is 5.02 Å². The number of carbonyl (C=O) groups is 3. The van der Waals surface area contributed by atoms with Crippen molar-refractivity contribution in [2.45, 2.75) is 145 Å². The zero-order valence-corrected chi connectivity index (χ0v) is 37.7. The van der Waals surface area contributed by atoms with E-state index in [4.69, 9.17) is 16.3 Å². The molecule has 2 N–H and O–H groups in total. The minimum Gasteiger partial charge on any atom is -0.481 e. The third-order valence-electron chi connectivity index (χ3n) is 17.1. The molecule has 1 aromatic rings. The fourth-order valence-electron chi connectivity index (χ4n) is 13.8. The summed E-state index contributed by atoms with van der Waals surface area (Å²) in [4.78, 5) is 43.8. The Bertz CT molecular complexity index is 1740.